The van der Waals surface area contributed by atoms with E-state index in [0.29, 0.717) is 23.8 Å². The van der Waals surface area contributed by atoms with Crippen molar-refractivity contribution in [3.8, 4) is 11.8 Å². The lowest BCUT2D eigenvalue weighted by atomic mass is 9.75. The number of benzene rings is 2. The summed E-state index contributed by atoms with van der Waals surface area (Å²) in [7, 11) is 0. The molecule has 0 aliphatic carbocycles. The molecule has 4 heteroatoms. The van der Waals surface area contributed by atoms with Gasteiger partial charge in [-0.15, -0.1) is 0 Å². The molecule has 0 unspecified atom stereocenters. The Hall–Kier alpha value is -2.35. The van der Waals surface area contributed by atoms with E-state index in [-0.39, 0.29) is 0 Å². The van der Waals surface area contributed by atoms with Crippen LogP contribution in [-0.2, 0) is 6.54 Å². The maximum atomic E-state index is 10.0. The molecule has 0 saturated carbocycles. The monoisotopic (exact) mass is 359 g/mol. The van der Waals surface area contributed by atoms with Crippen LogP contribution >= 0.6 is 0 Å². The molecule has 2 aromatic carbocycles. The average molecular weight is 359 g/mol. The van der Waals surface area contributed by atoms with Gasteiger partial charge in [0.25, 0.3) is 0 Å². The highest BCUT2D eigenvalue weighted by molar-refractivity contribution is 5.38. The highest BCUT2D eigenvalue weighted by Crippen LogP contribution is 2.47. The van der Waals surface area contributed by atoms with E-state index in [4.69, 9.17) is 0 Å². The Bertz CT molecular complexity index is 881. The first-order chi connectivity index (χ1) is 13.2. The Kier molecular flexibility index (Phi) is 4.15. The molecule has 3 atom stereocenters. The van der Waals surface area contributed by atoms with Crippen LogP contribution in [0.4, 0.5) is 0 Å². The number of phenolic OH excluding ortho intramolecular Hbond substituents is 1. The third kappa shape index (κ3) is 2.82. The highest BCUT2D eigenvalue weighted by Gasteiger charge is 2.53. The van der Waals surface area contributed by atoms with Crippen LogP contribution < -0.4 is 0 Å². The van der Waals surface area contributed by atoms with Crippen LogP contribution in [0.25, 0.3) is 0 Å². The van der Waals surface area contributed by atoms with Crippen molar-refractivity contribution in [3.05, 3.63) is 65.2 Å². The van der Waals surface area contributed by atoms with Gasteiger partial charge < -0.3 is 5.11 Å². The summed E-state index contributed by atoms with van der Waals surface area (Å²) in [4.78, 5) is 5.29. The van der Waals surface area contributed by atoms with Crippen molar-refractivity contribution < 1.29 is 5.11 Å². The fourth-order valence-electron chi connectivity index (χ4n) is 5.76. The number of likely N-dealkylation sites (tertiary alicyclic amines) is 1. The Labute approximate surface area is 160 Å². The molecule has 0 amide bonds. The van der Waals surface area contributed by atoms with E-state index in [1.807, 2.05) is 30.3 Å². The minimum atomic E-state index is 0.355. The first kappa shape index (κ1) is 16.8. The van der Waals surface area contributed by atoms with E-state index >= 15 is 0 Å². The molecular weight excluding hydrogens is 334 g/mol. The van der Waals surface area contributed by atoms with Gasteiger partial charge in [0.15, 0.2) is 0 Å². The lowest BCUT2D eigenvalue weighted by molar-refractivity contribution is -0.00871. The van der Waals surface area contributed by atoms with E-state index in [2.05, 4.69) is 28.0 Å². The summed E-state index contributed by atoms with van der Waals surface area (Å²) < 4.78 is 0. The minimum absolute atomic E-state index is 0.355. The molecule has 6 rings (SSSR count). The van der Waals surface area contributed by atoms with Crippen molar-refractivity contribution in [3.63, 3.8) is 0 Å². The Morgan fingerprint density at radius 2 is 1.85 bits per heavy atom. The number of nitrogens with zero attached hydrogens (tertiary/aromatic N) is 3. The van der Waals surface area contributed by atoms with E-state index in [1.165, 1.54) is 31.5 Å². The predicted octanol–water partition coefficient (Wildman–Crippen LogP) is 3.33. The van der Waals surface area contributed by atoms with Gasteiger partial charge >= 0.3 is 0 Å². The van der Waals surface area contributed by atoms with E-state index in [9.17, 15) is 10.4 Å². The second-order valence-electron chi connectivity index (χ2n) is 8.25. The van der Waals surface area contributed by atoms with Gasteiger partial charge in [0.1, 0.15) is 5.75 Å². The summed E-state index contributed by atoms with van der Waals surface area (Å²) in [6, 6.07) is 19.2. The van der Waals surface area contributed by atoms with Gasteiger partial charge in [0.2, 0.25) is 0 Å². The largest absolute Gasteiger partial charge is 0.508 e. The predicted molar refractivity (Wildman–Crippen MR) is 104 cm³/mol. The molecule has 1 N–H and O–H groups in total. The van der Waals surface area contributed by atoms with Gasteiger partial charge in [-0.25, -0.2) is 0 Å². The zero-order valence-electron chi connectivity index (χ0n) is 15.5. The first-order valence-corrected chi connectivity index (χ1v) is 9.99. The molecule has 0 radical (unpaired) electrons. The van der Waals surface area contributed by atoms with Gasteiger partial charge in [-0.05, 0) is 61.2 Å². The average Bonchev–Trinajstić information content (AvgIpc) is 3.11. The number of rotatable bonds is 3. The SMILES string of the molecule is N#Cc1ccccc1CN1C[C@@H](c2cccc(O)c2)[C@@H]2[C@H]1C1CCN2CC1. The van der Waals surface area contributed by atoms with Gasteiger partial charge in [-0.1, -0.05) is 30.3 Å². The van der Waals surface area contributed by atoms with Crippen molar-refractivity contribution >= 4 is 0 Å². The molecule has 4 fully saturated rings. The number of hydrogen-bond acceptors (Lipinski definition) is 4. The highest BCUT2D eigenvalue weighted by atomic mass is 16.3. The fraction of sp³-hybridized carbons (Fsp3) is 0.435. The summed E-state index contributed by atoms with van der Waals surface area (Å²) >= 11 is 0. The molecule has 4 aliphatic heterocycles. The molecule has 4 aliphatic rings. The lowest BCUT2D eigenvalue weighted by Crippen LogP contribution is -2.60. The molecule has 4 nitrogen and oxygen atoms in total. The van der Waals surface area contributed by atoms with Gasteiger partial charge in [0, 0.05) is 31.1 Å². The van der Waals surface area contributed by atoms with Gasteiger partial charge in [0.05, 0.1) is 11.6 Å². The second kappa shape index (κ2) is 6.67. The molecule has 0 spiro atoms. The number of nitriles is 1. The van der Waals surface area contributed by atoms with Crippen LogP contribution in [0.2, 0.25) is 0 Å². The van der Waals surface area contributed by atoms with Crippen LogP contribution in [0, 0.1) is 17.2 Å². The van der Waals surface area contributed by atoms with Gasteiger partial charge in [-0.2, -0.15) is 5.26 Å². The summed E-state index contributed by atoms with van der Waals surface area (Å²) in [5, 5.41) is 19.5. The van der Waals surface area contributed by atoms with E-state index < -0.39 is 0 Å². The van der Waals surface area contributed by atoms with Crippen LogP contribution in [0.3, 0.4) is 0 Å². The van der Waals surface area contributed by atoms with Crippen molar-refractivity contribution in [1.82, 2.24) is 9.80 Å². The third-order valence-corrected chi connectivity index (χ3v) is 6.90. The molecule has 2 bridgehead atoms. The van der Waals surface area contributed by atoms with Crippen LogP contribution in [0.5, 0.6) is 5.75 Å². The van der Waals surface area contributed by atoms with Crippen LogP contribution in [0.15, 0.2) is 48.5 Å². The third-order valence-electron chi connectivity index (χ3n) is 6.90. The van der Waals surface area contributed by atoms with Crippen molar-refractivity contribution in [1.29, 1.82) is 5.26 Å². The molecule has 27 heavy (non-hydrogen) atoms. The van der Waals surface area contributed by atoms with Crippen molar-refractivity contribution in [2.45, 2.75) is 37.4 Å². The smallest absolute Gasteiger partial charge is 0.115 e. The lowest BCUT2D eigenvalue weighted by Gasteiger charge is -2.51. The van der Waals surface area contributed by atoms with Crippen LogP contribution in [-0.4, -0.2) is 46.6 Å². The van der Waals surface area contributed by atoms with Crippen LogP contribution in [0.1, 0.15) is 35.4 Å². The maximum absolute atomic E-state index is 10.0. The number of aromatic hydroxyl groups is 1. The normalized spacial score (nSPS) is 32.2. The molecular formula is C23H25N3O. The van der Waals surface area contributed by atoms with E-state index in [0.717, 1.165) is 30.1 Å². The van der Waals surface area contributed by atoms with Crippen molar-refractivity contribution in [2.24, 2.45) is 5.92 Å². The van der Waals surface area contributed by atoms with Gasteiger partial charge in [-0.3, -0.25) is 9.80 Å². The molecule has 4 saturated heterocycles. The molecule has 0 aromatic heterocycles. The number of piperidine rings is 3. The van der Waals surface area contributed by atoms with E-state index in [1.54, 1.807) is 6.07 Å². The molecule has 138 valence electrons. The Morgan fingerprint density at radius 1 is 1.04 bits per heavy atom. The zero-order chi connectivity index (χ0) is 18.4. The Morgan fingerprint density at radius 3 is 2.63 bits per heavy atom. The summed E-state index contributed by atoms with van der Waals surface area (Å²) in [6.45, 7) is 4.23. The number of fused-ring (bicyclic) bond motifs is 2. The summed E-state index contributed by atoms with van der Waals surface area (Å²) in [6.07, 6.45) is 2.56. The standard InChI is InChI=1S/C23H25N3O/c24-13-18-4-1-2-5-19(18)14-26-15-21(17-6-3-7-20(27)12-17)23-22(26)16-8-10-25(23)11-9-16/h1-7,12,16,21-23,27H,8-11,14-15H2/t21-,22+,23+/m0/s1. The maximum Gasteiger partial charge on any atom is 0.115 e. The van der Waals surface area contributed by atoms with Crippen molar-refractivity contribution in [2.75, 3.05) is 19.6 Å². The topological polar surface area (TPSA) is 50.5 Å². The second-order valence-corrected chi connectivity index (χ2v) is 8.25. The quantitative estimate of drug-likeness (QED) is 0.913. The minimum Gasteiger partial charge on any atom is -0.508 e. The first-order valence-electron chi connectivity index (χ1n) is 9.99. The summed E-state index contributed by atoms with van der Waals surface area (Å²) in [5.74, 6) is 1.52. The number of hydrogen-bond donors (Lipinski definition) is 1. The molecule has 2 aromatic rings. The number of phenols is 1. The zero-order valence-corrected chi connectivity index (χ0v) is 15.5. The summed E-state index contributed by atoms with van der Waals surface area (Å²) in [5.41, 5.74) is 3.16. The fourth-order valence-corrected chi connectivity index (χ4v) is 5.76. The Balaban J connectivity index is 1.50. The molecule has 4 heterocycles.